The van der Waals surface area contributed by atoms with E-state index < -0.39 is 0 Å². The molecular weight excluding hydrogens is 152 g/mol. The van der Waals surface area contributed by atoms with Crippen molar-refractivity contribution in [2.75, 3.05) is 19.8 Å². The number of anilines is 1. The van der Waals surface area contributed by atoms with Crippen LogP contribution in [0, 0.1) is 0 Å². The summed E-state index contributed by atoms with van der Waals surface area (Å²) < 4.78 is 1.74. The van der Waals surface area contributed by atoms with Gasteiger partial charge in [-0.2, -0.15) is 5.10 Å². The fourth-order valence-corrected chi connectivity index (χ4v) is 1.12. The van der Waals surface area contributed by atoms with Crippen LogP contribution in [-0.2, 0) is 7.05 Å². The van der Waals surface area contributed by atoms with Gasteiger partial charge in [-0.25, -0.2) is 0 Å². The quantitative estimate of drug-likeness (QED) is 0.704. The Bertz CT molecular complexity index is 264. The highest BCUT2D eigenvalue weighted by Crippen LogP contribution is 2.21. The molecule has 0 spiro atoms. The standard InChI is InChI=1S/C8H16N4/c1-6(11(2)3)7-5-12(4)10-8(7)9/h5-6H,1-4H3,(H2,9,10). The van der Waals surface area contributed by atoms with Crippen molar-refractivity contribution in [3.05, 3.63) is 11.8 Å². The lowest BCUT2D eigenvalue weighted by Gasteiger charge is -2.18. The number of nitrogens with zero attached hydrogens (tertiary/aromatic N) is 3. The molecule has 1 aromatic heterocycles. The highest BCUT2D eigenvalue weighted by Gasteiger charge is 2.13. The first-order chi connectivity index (χ1) is 5.52. The van der Waals surface area contributed by atoms with Crippen molar-refractivity contribution in [1.29, 1.82) is 0 Å². The average Bonchev–Trinajstić information content (AvgIpc) is 2.28. The molecule has 0 radical (unpaired) electrons. The molecule has 1 atom stereocenters. The zero-order valence-corrected chi connectivity index (χ0v) is 8.07. The SMILES string of the molecule is CC(c1cn(C)nc1N)N(C)C. The predicted molar refractivity (Wildman–Crippen MR) is 49.7 cm³/mol. The molecule has 0 saturated heterocycles. The van der Waals surface area contributed by atoms with Crippen molar-refractivity contribution in [3.63, 3.8) is 0 Å². The molecule has 1 heterocycles. The van der Waals surface area contributed by atoms with Crippen molar-refractivity contribution in [1.82, 2.24) is 14.7 Å². The van der Waals surface area contributed by atoms with Crippen LogP contribution in [0.15, 0.2) is 6.20 Å². The number of hydrogen-bond acceptors (Lipinski definition) is 3. The summed E-state index contributed by atoms with van der Waals surface area (Å²) in [6, 6.07) is 0.318. The highest BCUT2D eigenvalue weighted by atomic mass is 15.3. The first-order valence-electron chi connectivity index (χ1n) is 3.98. The monoisotopic (exact) mass is 168 g/mol. The van der Waals surface area contributed by atoms with Crippen LogP contribution in [0.5, 0.6) is 0 Å². The third-order valence-electron chi connectivity index (χ3n) is 2.11. The topological polar surface area (TPSA) is 47.1 Å². The van der Waals surface area contributed by atoms with Gasteiger partial charge in [0.05, 0.1) is 0 Å². The van der Waals surface area contributed by atoms with Crippen LogP contribution < -0.4 is 5.73 Å². The third-order valence-corrected chi connectivity index (χ3v) is 2.11. The first kappa shape index (κ1) is 9.06. The van der Waals surface area contributed by atoms with E-state index in [9.17, 15) is 0 Å². The molecule has 2 N–H and O–H groups in total. The zero-order valence-electron chi connectivity index (χ0n) is 8.07. The molecule has 68 valence electrons. The second kappa shape index (κ2) is 3.15. The largest absolute Gasteiger partial charge is 0.382 e. The molecule has 0 aliphatic heterocycles. The number of aryl methyl sites for hydroxylation is 1. The van der Waals surface area contributed by atoms with E-state index in [4.69, 9.17) is 5.73 Å². The summed E-state index contributed by atoms with van der Waals surface area (Å²) in [5.41, 5.74) is 6.81. The fourth-order valence-electron chi connectivity index (χ4n) is 1.12. The molecule has 12 heavy (non-hydrogen) atoms. The van der Waals surface area contributed by atoms with Crippen LogP contribution in [0.1, 0.15) is 18.5 Å². The maximum atomic E-state index is 5.72. The van der Waals surface area contributed by atoms with E-state index in [1.807, 2.05) is 27.3 Å². The van der Waals surface area contributed by atoms with E-state index in [-0.39, 0.29) is 0 Å². The summed E-state index contributed by atoms with van der Waals surface area (Å²) in [6.07, 6.45) is 1.96. The maximum absolute atomic E-state index is 5.72. The second-order valence-electron chi connectivity index (χ2n) is 3.28. The van der Waals surface area contributed by atoms with E-state index in [2.05, 4.69) is 16.9 Å². The van der Waals surface area contributed by atoms with Crippen LogP contribution in [0.2, 0.25) is 0 Å². The molecule has 0 aliphatic carbocycles. The molecule has 0 bridgehead atoms. The molecular formula is C8H16N4. The Labute approximate surface area is 73.0 Å². The Morgan fingerprint density at radius 1 is 1.58 bits per heavy atom. The third kappa shape index (κ3) is 1.58. The Kier molecular flexibility index (Phi) is 2.38. The van der Waals surface area contributed by atoms with E-state index >= 15 is 0 Å². The van der Waals surface area contributed by atoms with Crippen LogP contribution in [0.25, 0.3) is 0 Å². The lowest BCUT2D eigenvalue weighted by molar-refractivity contribution is 0.322. The van der Waals surface area contributed by atoms with E-state index in [1.54, 1.807) is 4.68 Å². The molecule has 4 nitrogen and oxygen atoms in total. The molecule has 0 fully saturated rings. The smallest absolute Gasteiger partial charge is 0.150 e. The van der Waals surface area contributed by atoms with E-state index in [1.165, 1.54) is 0 Å². The van der Waals surface area contributed by atoms with Crippen molar-refractivity contribution < 1.29 is 0 Å². The lowest BCUT2D eigenvalue weighted by Crippen LogP contribution is -2.17. The molecule has 0 aromatic carbocycles. The average molecular weight is 168 g/mol. The van der Waals surface area contributed by atoms with Gasteiger partial charge in [-0.1, -0.05) is 0 Å². The fraction of sp³-hybridized carbons (Fsp3) is 0.625. The van der Waals surface area contributed by atoms with Gasteiger partial charge in [-0.15, -0.1) is 0 Å². The minimum atomic E-state index is 0.318. The van der Waals surface area contributed by atoms with Gasteiger partial charge in [0.1, 0.15) is 5.82 Å². The van der Waals surface area contributed by atoms with Gasteiger partial charge >= 0.3 is 0 Å². The minimum Gasteiger partial charge on any atom is -0.382 e. The van der Waals surface area contributed by atoms with Gasteiger partial charge in [-0.05, 0) is 21.0 Å². The van der Waals surface area contributed by atoms with Crippen molar-refractivity contribution >= 4 is 5.82 Å². The maximum Gasteiger partial charge on any atom is 0.150 e. The van der Waals surface area contributed by atoms with Crippen LogP contribution >= 0.6 is 0 Å². The molecule has 0 aliphatic rings. The highest BCUT2D eigenvalue weighted by molar-refractivity contribution is 5.39. The van der Waals surface area contributed by atoms with Gasteiger partial charge in [-0.3, -0.25) is 4.68 Å². The summed E-state index contributed by atoms with van der Waals surface area (Å²) in [5.74, 6) is 0.624. The molecule has 4 heteroatoms. The van der Waals surface area contributed by atoms with E-state index in [0.29, 0.717) is 11.9 Å². The predicted octanol–water partition coefficient (Wildman–Crippen LogP) is 0.625. The van der Waals surface area contributed by atoms with Crippen molar-refractivity contribution in [2.45, 2.75) is 13.0 Å². The number of hydrogen-bond donors (Lipinski definition) is 1. The lowest BCUT2D eigenvalue weighted by atomic mass is 10.1. The number of rotatable bonds is 2. The van der Waals surface area contributed by atoms with Crippen LogP contribution in [0.3, 0.4) is 0 Å². The summed E-state index contributed by atoms with van der Waals surface area (Å²) in [4.78, 5) is 2.10. The number of aromatic nitrogens is 2. The normalized spacial score (nSPS) is 13.8. The first-order valence-corrected chi connectivity index (χ1v) is 3.98. The molecule has 1 aromatic rings. The Morgan fingerprint density at radius 2 is 2.17 bits per heavy atom. The van der Waals surface area contributed by atoms with Crippen molar-refractivity contribution in [3.8, 4) is 0 Å². The van der Waals surface area contributed by atoms with Crippen LogP contribution in [0.4, 0.5) is 5.82 Å². The molecule has 1 rings (SSSR count). The minimum absolute atomic E-state index is 0.318. The molecule has 1 unspecified atom stereocenters. The van der Waals surface area contributed by atoms with E-state index in [0.717, 1.165) is 5.56 Å². The van der Waals surface area contributed by atoms with Gasteiger partial charge in [0, 0.05) is 24.8 Å². The Morgan fingerprint density at radius 3 is 2.50 bits per heavy atom. The molecule has 0 saturated carbocycles. The Hall–Kier alpha value is -1.03. The second-order valence-corrected chi connectivity index (χ2v) is 3.28. The van der Waals surface area contributed by atoms with Gasteiger partial charge in [0.25, 0.3) is 0 Å². The molecule has 0 amide bonds. The summed E-state index contributed by atoms with van der Waals surface area (Å²) >= 11 is 0. The Balaban J connectivity index is 2.94. The van der Waals surface area contributed by atoms with Gasteiger partial charge in [0.2, 0.25) is 0 Å². The zero-order chi connectivity index (χ0) is 9.30. The summed E-state index contributed by atoms with van der Waals surface area (Å²) in [6.45, 7) is 2.10. The van der Waals surface area contributed by atoms with Gasteiger partial charge in [0.15, 0.2) is 0 Å². The van der Waals surface area contributed by atoms with Crippen LogP contribution in [-0.4, -0.2) is 28.8 Å². The van der Waals surface area contributed by atoms with Crippen molar-refractivity contribution in [2.24, 2.45) is 7.05 Å². The number of nitrogens with two attached hydrogens (primary N) is 1. The summed E-state index contributed by atoms with van der Waals surface area (Å²) in [5, 5.41) is 4.08. The van der Waals surface area contributed by atoms with Gasteiger partial charge < -0.3 is 10.6 Å². The number of nitrogen functional groups attached to an aromatic ring is 1. The summed E-state index contributed by atoms with van der Waals surface area (Å²) in [7, 11) is 5.93.